The summed E-state index contributed by atoms with van der Waals surface area (Å²) in [6, 6.07) is 11.5. The van der Waals surface area contributed by atoms with Gasteiger partial charge in [-0.1, -0.05) is 6.92 Å². The molecule has 7 nitrogen and oxygen atoms in total. The predicted octanol–water partition coefficient (Wildman–Crippen LogP) is 2.83. The lowest BCUT2D eigenvalue weighted by Crippen LogP contribution is -2.32. The normalized spacial score (nSPS) is 15.8. The van der Waals surface area contributed by atoms with Gasteiger partial charge in [-0.2, -0.15) is 0 Å². The number of hydrogen-bond donors (Lipinski definition) is 2. The molecule has 0 radical (unpaired) electrons. The first-order chi connectivity index (χ1) is 11.9. The minimum Gasteiger partial charge on any atom is -0.372 e. The quantitative estimate of drug-likeness (QED) is 0.851. The number of piperidine rings is 1. The lowest BCUT2D eigenvalue weighted by molar-refractivity contribution is 0.438. The number of aromatic nitrogens is 2. The van der Waals surface area contributed by atoms with Gasteiger partial charge >= 0.3 is 0 Å². The van der Waals surface area contributed by atoms with E-state index in [2.05, 4.69) is 44.2 Å². The molecular formula is C17H23N5O2S. The number of rotatable bonds is 5. The predicted molar refractivity (Wildman–Crippen MR) is 101 cm³/mol. The molecule has 25 heavy (non-hydrogen) atoms. The van der Waals surface area contributed by atoms with Crippen LogP contribution in [0.2, 0.25) is 0 Å². The largest absolute Gasteiger partial charge is 0.372 e. The summed E-state index contributed by atoms with van der Waals surface area (Å²) < 4.78 is 24.6. The molecule has 0 bridgehead atoms. The number of benzene rings is 1. The molecule has 1 saturated heterocycles. The van der Waals surface area contributed by atoms with Crippen LogP contribution in [0.5, 0.6) is 0 Å². The highest BCUT2D eigenvalue weighted by Crippen LogP contribution is 2.25. The minimum absolute atomic E-state index is 0.197. The average Bonchev–Trinajstić information content (AvgIpc) is 2.57. The van der Waals surface area contributed by atoms with Crippen molar-refractivity contribution in [1.82, 2.24) is 10.2 Å². The van der Waals surface area contributed by atoms with Crippen LogP contribution in [-0.4, -0.2) is 38.0 Å². The molecule has 8 heteroatoms. The van der Waals surface area contributed by atoms with Crippen molar-refractivity contribution in [2.45, 2.75) is 19.8 Å². The Morgan fingerprint density at radius 1 is 1.00 bits per heavy atom. The highest BCUT2D eigenvalue weighted by atomic mass is 32.2. The van der Waals surface area contributed by atoms with Crippen molar-refractivity contribution in [1.29, 1.82) is 0 Å². The van der Waals surface area contributed by atoms with Crippen LogP contribution in [0.4, 0.5) is 23.0 Å². The molecule has 1 aromatic carbocycles. The fraction of sp³-hybridized carbons (Fsp3) is 0.412. The summed E-state index contributed by atoms with van der Waals surface area (Å²) in [4.78, 5) is 2.41. The Labute approximate surface area is 148 Å². The number of sulfonamides is 1. The maximum absolute atomic E-state index is 11.2. The fourth-order valence-electron chi connectivity index (χ4n) is 2.81. The molecule has 2 aromatic rings. The zero-order valence-electron chi connectivity index (χ0n) is 14.4. The molecule has 0 amide bonds. The van der Waals surface area contributed by atoms with Crippen molar-refractivity contribution < 1.29 is 8.42 Å². The third kappa shape index (κ3) is 5.06. The minimum atomic E-state index is -3.35. The van der Waals surface area contributed by atoms with E-state index in [0.717, 1.165) is 31.0 Å². The van der Waals surface area contributed by atoms with E-state index in [-0.39, 0.29) is 5.82 Å². The van der Waals surface area contributed by atoms with Crippen molar-refractivity contribution in [3.05, 3.63) is 36.4 Å². The molecule has 0 atom stereocenters. The van der Waals surface area contributed by atoms with E-state index < -0.39 is 10.0 Å². The van der Waals surface area contributed by atoms with E-state index in [1.54, 1.807) is 12.1 Å². The third-order valence-corrected chi connectivity index (χ3v) is 4.82. The molecule has 3 rings (SSSR count). The van der Waals surface area contributed by atoms with Crippen molar-refractivity contribution in [2.24, 2.45) is 5.92 Å². The fourth-order valence-corrected chi connectivity index (χ4v) is 3.30. The molecule has 0 spiro atoms. The average molecular weight is 361 g/mol. The van der Waals surface area contributed by atoms with E-state index in [9.17, 15) is 8.42 Å². The van der Waals surface area contributed by atoms with Gasteiger partial charge in [0.25, 0.3) is 0 Å². The van der Waals surface area contributed by atoms with Crippen LogP contribution in [-0.2, 0) is 10.0 Å². The van der Waals surface area contributed by atoms with Gasteiger partial charge in [0.15, 0.2) is 11.6 Å². The second-order valence-corrected chi connectivity index (χ2v) is 8.27. The van der Waals surface area contributed by atoms with Crippen molar-refractivity contribution >= 4 is 33.0 Å². The summed E-state index contributed by atoms with van der Waals surface area (Å²) in [7, 11) is -3.35. The molecule has 2 heterocycles. The molecule has 2 N–H and O–H groups in total. The van der Waals surface area contributed by atoms with Crippen molar-refractivity contribution in [2.75, 3.05) is 34.3 Å². The molecule has 1 fully saturated rings. The topological polar surface area (TPSA) is 87.2 Å². The summed E-state index contributed by atoms with van der Waals surface area (Å²) in [5, 5.41) is 11.0. The van der Waals surface area contributed by atoms with Gasteiger partial charge in [0.1, 0.15) is 0 Å². The first-order valence-electron chi connectivity index (χ1n) is 8.32. The van der Waals surface area contributed by atoms with Gasteiger partial charge in [-0.05, 0) is 55.2 Å². The van der Waals surface area contributed by atoms with Crippen molar-refractivity contribution in [3.8, 4) is 0 Å². The summed E-state index contributed by atoms with van der Waals surface area (Å²) >= 11 is 0. The third-order valence-electron chi connectivity index (χ3n) is 4.24. The standard InChI is InChI=1S/C17H23N5O2S/c1-13-9-11-22(12-10-13)15-5-3-14(4-6-15)18-16-7-8-17(20-19-16)21-25(2,23)24/h3-8,13H,9-12H2,1-2H3,(H,18,19)(H,20,21). The first kappa shape index (κ1) is 17.5. The smallest absolute Gasteiger partial charge is 0.231 e. The zero-order valence-corrected chi connectivity index (χ0v) is 15.3. The first-order valence-corrected chi connectivity index (χ1v) is 10.2. The van der Waals surface area contributed by atoms with Gasteiger partial charge in [-0.15, -0.1) is 10.2 Å². The number of anilines is 4. The molecule has 1 aliphatic rings. The van der Waals surface area contributed by atoms with Gasteiger partial charge in [0, 0.05) is 24.5 Å². The van der Waals surface area contributed by atoms with Gasteiger partial charge < -0.3 is 10.2 Å². The van der Waals surface area contributed by atoms with Crippen LogP contribution in [0, 0.1) is 5.92 Å². The summed E-state index contributed by atoms with van der Waals surface area (Å²) in [6.45, 7) is 4.52. The Morgan fingerprint density at radius 3 is 2.16 bits per heavy atom. The van der Waals surface area contributed by atoms with Crippen LogP contribution in [0.25, 0.3) is 0 Å². The number of nitrogens with one attached hydrogen (secondary N) is 2. The van der Waals surface area contributed by atoms with Crippen LogP contribution in [0.15, 0.2) is 36.4 Å². The Hall–Kier alpha value is -2.35. The Morgan fingerprint density at radius 2 is 1.60 bits per heavy atom. The van der Waals surface area contributed by atoms with Crippen molar-refractivity contribution in [3.63, 3.8) is 0 Å². The van der Waals surface area contributed by atoms with Crippen LogP contribution >= 0.6 is 0 Å². The van der Waals surface area contributed by atoms with E-state index in [4.69, 9.17) is 0 Å². The Bertz CT molecular complexity index is 798. The molecule has 0 unspecified atom stereocenters. The molecule has 0 aliphatic carbocycles. The molecule has 0 saturated carbocycles. The molecule has 1 aromatic heterocycles. The van der Waals surface area contributed by atoms with Gasteiger partial charge in [0.2, 0.25) is 10.0 Å². The van der Waals surface area contributed by atoms with Gasteiger partial charge in [-0.25, -0.2) is 8.42 Å². The second kappa shape index (κ2) is 7.26. The van der Waals surface area contributed by atoms with Crippen LogP contribution < -0.4 is 14.9 Å². The van der Waals surface area contributed by atoms with E-state index in [1.165, 1.54) is 18.5 Å². The van der Waals surface area contributed by atoms with E-state index >= 15 is 0 Å². The molecule has 134 valence electrons. The maximum Gasteiger partial charge on any atom is 0.231 e. The molecular weight excluding hydrogens is 338 g/mol. The van der Waals surface area contributed by atoms with Crippen LogP contribution in [0.3, 0.4) is 0 Å². The lowest BCUT2D eigenvalue weighted by atomic mass is 9.99. The van der Waals surface area contributed by atoms with Gasteiger partial charge in [-0.3, -0.25) is 4.72 Å². The van der Waals surface area contributed by atoms with E-state index in [1.807, 2.05) is 12.1 Å². The van der Waals surface area contributed by atoms with Crippen LogP contribution in [0.1, 0.15) is 19.8 Å². The number of hydrogen-bond acceptors (Lipinski definition) is 6. The Kier molecular flexibility index (Phi) is 5.08. The summed E-state index contributed by atoms with van der Waals surface area (Å²) in [5.41, 5.74) is 2.14. The monoisotopic (exact) mass is 361 g/mol. The highest BCUT2D eigenvalue weighted by molar-refractivity contribution is 7.92. The maximum atomic E-state index is 11.2. The second-order valence-electron chi connectivity index (χ2n) is 6.52. The van der Waals surface area contributed by atoms with Gasteiger partial charge in [0.05, 0.1) is 6.26 Å². The van der Waals surface area contributed by atoms with E-state index in [0.29, 0.717) is 5.82 Å². The molecule has 1 aliphatic heterocycles. The zero-order chi connectivity index (χ0) is 17.9. The lowest BCUT2D eigenvalue weighted by Gasteiger charge is -2.32. The Balaban J connectivity index is 1.61. The summed E-state index contributed by atoms with van der Waals surface area (Å²) in [5.74, 6) is 1.57. The number of nitrogens with zero attached hydrogens (tertiary/aromatic N) is 3. The highest BCUT2D eigenvalue weighted by Gasteiger charge is 2.15. The SMILES string of the molecule is CC1CCN(c2ccc(Nc3ccc(NS(C)(=O)=O)nn3)cc2)CC1. The summed E-state index contributed by atoms with van der Waals surface area (Å²) in [6.07, 6.45) is 3.55.